The van der Waals surface area contributed by atoms with Crippen molar-refractivity contribution >= 4 is 23.2 Å². The van der Waals surface area contributed by atoms with Gasteiger partial charge in [-0.05, 0) is 23.6 Å². The minimum atomic E-state index is -0.283. The fourth-order valence-corrected chi connectivity index (χ4v) is 2.79. The number of nitrogens with one attached hydrogen (secondary N) is 1. The van der Waals surface area contributed by atoms with Gasteiger partial charge >= 0.3 is 0 Å². The van der Waals surface area contributed by atoms with Crippen LogP contribution in [0, 0.1) is 0 Å². The number of carbonyl (C=O) groups excluding carboxylic acids is 2. The highest BCUT2D eigenvalue weighted by molar-refractivity contribution is 7.10. The zero-order chi connectivity index (χ0) is 15.2. The SMILES string of the molecule is CC(=O)N[C@H](CC(=O)N(C)Cc1ccco1)c1cccs1. The van der Waals surface area contributed by atoms with E-state index in [9.17, 15) is 9.59 Å². The van der Waals surface area contributed by atoms with Crippen molar-refractivity contribution in [3.63, 3.8) is 0 Å². The highest BCUT2D eigenvalue weighted by atomic mass is 32.1. The Bertz CT molecular complexity index is 578. The lowest BCUT2D eigenvalue weighted by atomic mass is 10.1. The Labute approximate surface area is 127 Å². The van der Waals surface area contributed by atoms with Gasteiger partial charge in [-0.1, -0.05) is 6.07 Å². The number of rotatable bonds is 6. The van der Waals surface area contributed by atoms with Gasteiger partial charge < -0.3 is 14.6 Å². The lowest BCUT2D eigenvalue weighted by Crippen LogP contribution is -2.33. The van der Waals surface area contributed by atoms with Crippen LogP contribution in [0.1, 0.15) is 30.0 Å². The van der Waals surface area contributed by atoms with E-state index in [1.807, 2.05) is 23.6 Å². The van der Waals surface area contributed by atoms with E-state index in [1.54, 1.807) is 24.3 Å². The molecule has 0 spiro atoms. The third kappa shape index (κ3) is 4.46. The van der Waals surface area contributed by atoms with Gasteiger partial charge in [0.05, 0.1) is 25.3 Å². The molecule has 112 valence electrons. The maximum Gasteiger partial charge on any atom is 0.225 e. The van der Waals surface area contributed by atoms with Crippen molar-refractivity contribution in [2.45, 2.75) is 25.9 Å². The van der Waals surface area contributed by atoms with Gasteiger partial charge in [-0.3, -0.25) is 9.59 Å². The maximum absolute atomic E-state index is 12.3. The molecule has 21 heavy (non-hydrogen) atoms. The Morgan fingerprint density at radius 3 is 2.76 bits per heavy atom. The summed E-state index contributed by atoms with van der Waals surface area (Å²) in [6.07, 6.45) is 1.82. The summed E-state index contributed by atoms with van der Waals surface area (Å²) in [6, 6.07) is 7.17. The van der Waals surface area contributed by atoms with Crippen molar-refractivity contribution in [2.24, 2.45) is 0 Å². The van der Waals surface area contributed by atoms with E-state index in [4.69, 9.17) is 4.42 Å². The van der Waals surface area contributed by atoms with E-state index in [-0.39, 0.29) is 24.3 Å². The van der Waals surface area contributed by atoms with Gasteiger partial charge in [0.1, 0.15) is 5.76 Å². The zero-order valence-electron chi connectivity index (χ0n) is 12.0. The van der Waals surface area contributed by atoms with Crippen LogP contribution in [0.25, 0.3) is 0 Å². The molecule has 0 aliphatic rings. The van der Waals surface area contributed by atoms with Crippen LogP contribution in [0.5, 0.6) is 0 Å². The van der Waals surface area contributed by atoms with Gasteiger partial charge in [-0.15, -0.1) is 11.3 Å². The van der Waals surface area contributed by atoms with Crippen LogP contribution >= 0.6 is 11.3 Å². The normalized spacial score (nSPS) is 11.9. The van der Waals surface area contributed by atoms with Crippen LogP contribution in [0.4, 0.5) is 0 Å². The molecule has 2 heterocycles. The second kappa shape index (κ2) is 7.08. The van der Waals surface area contributed by atoms with Crippen LogP contribution in [0.3, 0.4) is 0 Å². The summed E-state index contributed by atoms with van der Waals surface area (Å²) in [7, 11) is 1.73. The Hall–Kier alpha value is -2.08. The molecule has 6 heteroatoms. The maximum atomic E-state index is 12.3. The molecule has 1 N–H and O–H groups in total. The molecule has 5 nitrogen and oxygen atoms in total. The first-order valence-electron chi connectivity index (χ1n) is 6.63. The summed E-state index contributed by atoms with van der Waals surface area (Å²) in [5.74, 6) is 0.548. The average molecular weight is 306 g/mol. The smallest absolute Gasteiger partial charge is 0.225 e. The van der Waals surface area contributed by atoms with Crippen LogP contribution in [-0.2, 0) is 16.1 Å². The predicted molar refractivity (Wildman–Crippen MR) is 80.7 cm³/mol. The van der Waals surface area contributed by atoms with Crippen molar-refractivity contribution < 1.29 is 14.0 Å². The lowest BCUT2D eigenvalue weighted by molar-refractivity contribution is -0.131. The van der Waals surface area contributed by atoms with E-state index in [0.29, 0.717) is 6.54 Å². The lowest BCUT2D eigenvalue weighted by Gasteiger charge is -2.21. The molecular weight excluding hydrogens is 288 g/mol. The minimum absolute atomic E-state index is 0.0430. The molecule has 0 fully saturated rings. The predicted octanol–water partition coefficient (Wildman–Crippen LogP) is 2.57. The van der Waals surface area contributed by atoms with Crippen molar-refractivity contribution in [1.82, 2.24) is 10.2 Å². The summed E-state index contributed by atoms with van der Waals surface area (Å²) in [4.78, 5) is 26.2. The molecule has 2 aromatic heterocycles. The summed E-state index contributed by atoms with van der Waals surface area (Å²) < 4.78 is 5.23. The monoisotopic (exact) mass is 306 g/mol. The second-order valence-corrected chi connectivity index (χ2v) is 5.78. The number of carbonyl (C=O) groups is 2. The van der Waals surface area contributed by atoms with Gasteiger partial charge in [-0.2, -0.15) is 0 Å². The van der Waals surface area contributed by atoms with Gasteiger partial charge in [-0.25, -0.2) is 0 Å². The average Bonchev–Trinajstić information content (AvgIpc) is 3.10. The molecule has 1 atom stereocenters. The van der Waals surface area contributed by atoms with E-state index in [1.165, 1.54) is 18.3 Å². The number of hydrogen-bond acceptors (Lipinski definition) is 4. The minimum Gasteiger partial charge on any atom is -0.467 e. The van der Waals surface area contributed by atoms with Gasteiger partial charge in [0.2, 0.25) is 11.8 Å². The summed E-state index contributed by atoms with van der Waals surface area (Å²) in [6.45, 7) is 1.88. The molecule has 2 amide bonds. The topological polar surface area (TPSA) is 62.6 Å². The Morgan fingerprint density at radius 2 is 2.19 bits per heavy atom. The van der Waals surface area contributed by atoms with Crippen molar-refractivity contribution in [2.75, 3.05) is 7.05 Å². The first kappa shape index (κ1) is 15.3. The molecule has 0 saturated heterocycles. The quantitative estimate of drug-likeness (QED) is 0.892. The molecular formula is C15H18N2O3S. The summed E-state index contributed by atoms with van der Waals surface area (Å²) >= 11 is 1.53. The van der Waals surface area contributed by atoms with Crippen molar-refractivity contribution in [3.8, 4) is 0 Å². The molecule has 2 aromatic rings. The van der Waals surface area contributed by atoms with Gasteiger partial charge in [0.15, 0.2) is 0 Å². The Balaban J connectivity index is 1.98. The molecule has 0 aromatic carbocycles. The molecule has 0 aliphatic carbocycles. The first-order chi connectivity index (χ1) is 10.1. The molecule has 0 bridgehead atoms. The van der Waals surface area contributed by atoms with Crippen LogP contribution < -0.4 is 5.32 Å². The number of nitrogens with zero attached hydrogens (tertiary/aromatic N) is 1. The highest BCUT2D eigenvalue weighted by Gasteiger charge is 2.20. The standard InChI is InChI=1S/C15H18N2O3S/c1-11(18)16-13(14-6-4-8-21-14)9-15(19)17(2)10-12-5-3-7-20-12/h3-8,13H,9-10H2,1-2H3,(H,16,18)/t13-/m1/s1. The molecule has 0 saturated carbocycles. The number of amides is 2. The Morgan fingerprint density at radius 1 is 1.38 bits per heavy atom. The summed E-state index contributed by atoms with van der Waals surface area (Å²) in [5.41, 5.74) is 0. The van der Waals surface area contributed by atoms with E-state index >= 15 is 0 Å². The third-order valence-electron chi connectivity index (χ3n) is 3.04. The van der Waals surface area contributed by atoms with E-state index < -0.39 is 0 Å². The number of hydrogen-bond donors (Lipinski definition) is 1. The van der Waals surface area contributed by atoms with Crippen LogP contribution in [-0.4, -0.2) is 23.8 Å². The number of furan rings is 1. The van der Waals surface area contributed by atoms with Crippen LogP contribution in [0.15, 0.2) is 40.3 Å². The van der Waals surface area contributed by atoms with Gasteiger partial charge in [0.25, 0.3) is 0 Å². The van der Waals surface area contributed by atoms with E-state index in [0.717, 1.165) is 10.6 Å². The van der Waals surface area contributed by atoms with Crippen molar-refractivity contribution in [3.05, 3.63) is 46.5 Å². The van der Waals surface area contributed by atoms with E-state index in [2.05, 4.69) is 5.32 Å². The van der Waals surface area contributed by atoms with Crippen LogP contribution in [0.2, 0.25) is 0 Å². The molecule has 0 radical (unpaired) electrons. The fourth-order valence-electron chi connectivity index (χ4n) is 2.01. The largest absolute Gasteiger partial charge is 0.467 e. The van der Waals surface area contributed by atoms with Crippen molar-refractivity contribution in [1.29, 1.82) is 0 Å². The number of thiophene rings is 1. The molecule has 0 aliphatic heterocycles. The molecule has 0 unspecified atom stereocenters. The molecule has 2 rings (SSSR count). The third-order valence-corrected chi connectivity index (χ3v) is 4.03. The second-order valence-electron chi connectivity index (χ2n) is 4.80. The first-order valence-corrected chi connectivity index (χ1v) is 7.51. The highest BCUT2D eigenvalue weighted by Crippen LogP contribution is 2.23. The zero-order valence-corrected chi connectivity index (χ0v) is 12.9. The van der Waals surface area contributed by atoms with Gasteiger partial charge in [0, 0.05) is 18.8 Å². The fraction of sp³-hybridized carbons (Fsp3) is 0.333. The Kier molecular flexibility index (Phi) is 5.16. The summed E-state index contributed by atoms with van der Waals surface area (Å²) in [5, 5.41) is 4.76.